The van der Waals surface area contributed by atoms with Crippen LogP contribution in [0.1, 0.15) is 30.6 Å². The Hall–Kier alpha value is -1.26. The highest BCUT2D eigenvalue weighted by Gasteiger charge is 2.20. The minimum Gasteiger partial charge on any atom is -0.397 e. The molecule has 0 bridgehead atoms. The van der Waals surface area contributed by atoms with Crippen molar-refractivity contribution in [2.75, 3.05) is 26.0 Å². The number of carbonyl (C=O) groups excluding carboxylic acids is 1. The van der Waals surface area contributed by atoms with E-state index in [0.717, 1.165) is 6.42 Å². The third kappa shape index (κ3) is 4.73. The molecular weight excluding hydrogens is 264 g/mol. The van der Waals surface area contributed by atoms with E-state index < -0.39 is 0 Å². The van der Waals surface area contributed by atoms with Crippen LogP contribution in [0.5, 0.6) is 0 Å². The highest BCUT2D eigenvalue weighted by atomic mass is 35.5. The van der Waals surface area contributed by atoms with E-state index in [1.54, 1.807) is 25.3 Å². The SMILES string of the molecule is COCCC(C)(C)CNC(=O)c1cccc(Cl)c1N. The van der Waals surface area contributed by atoms with Crippen LogP contribution in [0.15, 0.2) is 18.2 Å². The maximum absolute atomic E-state index is 12.1. The Bertz CT molecular complexity index is 447. The van der Waals surface area contributed by atoms with Gasteiger partial charge in [0.15, 0.2) is 0 Å². The lowest BCUT2D eigenvalue weighted by Gasteiger charge is -2.24. The van der Waals surface area contributed by atoms with Crippen molar-refractivity contribution in [3.8, 4) is 0 Å². The number of nitrogens with two attached hydrogens (primary N) is 1. The lowest BCUT2D eigenvalue weighted by molar-refractivity contribution is 0.0922. The Morgan fingerprint density at radius 1 is 1.47 bits per heavy atom. The van der Waals surface area contributed by atoms with Gasteiger partial charge in [0.1, 0.15) is 0 Å². The Balaban J connectivity index is 2.63. The average Bonchev–Trinajstić information content (AvgIpc) is 2.37. The molecule has 0 aliphatic heterocycles. The summed E-state index contributed by atoms with van der Waals surface area (Å²) >= 11 is 5.89. The highest BCUT2D eigenvalue weighted by molar-refractivity contribution is 6.33. The zero-order valence-electron chi connectivity index (χ0n) is 11.6. The molecule has 0 aliphatic rings. The van der Waals surface area contributed by atoms with Gasteiger partial charge >= 0.3 is 0 Å². The van der Waals surface area contributed by atoms with Crippen LogP contribution < -0.4 is 11.1 Å². The summed E-state index contributed by atoms with van der Waals surface area (Å²) in [6.45, 7) is 5.38. The molecule has 4 nitrogen and oxygen atoms in total. The van der Waals surface area contributed by atoms with Gasteiger partial charge in [0.2, 0.25) is 0 Å². The number of rotatable bonds is 6. The van der Waals surface area contributed by atoms with Crippen molar-refractivity contribution in [3.63, 3.8) is 0 Å². The molecular formula is C14H21ClN2O2. The van der Waals surface area contributed by atoms with Crippen LogP contribution in [0, 0.1) is 5.41 Å². The number of para-hydroxylation sites is 1. The number of carbonyl (C=O) groups is 1. The molecule has 3 N–H and O–H groups in total. The summed E-state index contributed by atoms with van der Waals surface area (Å²) in [5.74, 6) is -0.203. The van der Waals surface area contributed by atoms with E-state index >= 15 is 0 Å². The van der Waals surface area contributed by atoms with E-state index in [1.165, 1.54) is 0 Å². The van der Waals surface area contributed by atoms with Crippen molar-refractivity contribution in [3.05, 3.63) is 28.8 Å². The number of methoxy groups -OCH3 is 1. The largest absolute Gasteiger partial charge is 0.397 e. The van der Waals surface area contributed by atoms with Gasteiger partial charge in [0.05, 0.1) is 16.3 Å². The van der Waals surface area contributed by atoms with Gasteiger partial charge in [-0.3, -0.25) is 4.79 Å². The smallest absolute Gasteiger partial charge is 0.253 e. The van der Waals surface area contributed by atoms with Gasteiger partial charge in [-0.15, -0.1) is 0 Å². The lowest BCUT2D eigenvalue weighted by Crippen LogP contribution is -2.35. The number of hydrogen-bond donors (Lipinski definition) is 2. The summed E-state index contributed by atoms with van der Waals surface area (Å²) in [7, 11) is 1.67. The first-order valence-electron chi connectivity index (χ1n) is 6.18. The van der Waals surface area contributed by atoms with Crippen LogP contribution in [-0.4, -0.2) is 26.2 Å². The third-order valence-corrected chi connectivity index (χ3v) is 3.34. The molecule has 0 fully saturated rings. The second-order valence-corrected chi connectivity index (χ2v) is 5.70. The van der Waals surface area contributed by atoms with Gasteiger partial charge in [-0.2, -0.15) is 0 Å². The average molecular weight is 285 g/mol. The van der Waals surface area contributed by atoms with Crippen LogP contribution >= 0.6 is 11.6 Å². The van der Waals surface area contributed by atoms with Gasteiger partial charge in [-0.05, 0) is 24.0 Å². The zero-order valence-corrected chi connectivity index (χ0v) is 12.4. The van der Waals surface area contributed by atoms with Crippen LogP contribution in [0.2, 0.25) is 5.02 Å². The monoisotopic (exact) mass is 284 g/mol. The number of amides is 1. The number of nitrogens with one attached hydrogen (secondary N) is 1. The number of nitrogen functional groups attached to an aromatic ring is 1. The van der Waals surface area contributed by atoms with Crippen molar-refractivity contribution in [1.29, 1.82) is 0 Å². The Morgan fingerprint density at radius 3 is 2.79 bits per heavy atom. The molecule has 0 heterocycles. The van der Waals surface area contributed by atoms with Gasteiger partial charge in [0, 0.05) is 20.3 Å². The molecule has 0 spiro atoms. The molecule has 106 valence electrons. The first-order chi connectivity index (χ1) is 8.87. The van der Waals surface area contributed by atoms with E-state index in [-0.39, 0.29) is 11.3 Å². The maximum atomic E-state index is 12.1. The maximum Gasteiger partial charge on any atom is 0.253 e. The molecule has 0 atom stereocenters. The molecule has 1 aromatic carbocycles. The fourth-order valence-electron chi connectivity index (χ4n) is 1.62. The Labute approximate surface area is 119 Å². The first kappa shape index (κ1) is 15.8. The number of halogens is 1. The van der Waals surface area contributed by atoms with Crippen LogP contribution in [0.3, 0.4) is 0 Å². The number of ether oxygens (including phenoxy) is 1. The molecule has 1 aromatic rings. The van der Waals surface area contributed by atoms with Crippen molar-refractivity contribution in [2.45, 2.75) is 20.3 Å². The van der Waals surface area contributed by atoms with Crippen LogP contribution in [0.4, 0.5) is 5.69 Å². The van der Waals surface area contributed by atoms with Crippen LogP contribution in [-0.2, 0) is 4.74 Å². The molecule has 0 unspecified atom stereocenters. The standard InChI is InChI=1S/C14H21ClN2O2/c1-14(2,7-8-19-3)9-17-13(18)10-5-4-6-11(15)12(10)16/h4-6H,7-9,16H2,1-3H3,(H,17,18). The molecule has 5 heteroatoms. The summed E-state index contributed by atoms with van der Waals surface area (Å²) in [6.07, 6.45) is 0.870. The normalized spacial score (nSPS) is 11.4. The van der Waals surface area contributed by atoms with E-state index in [2.05, 4.69) is 19.2 Å². The number of anilines is 1. The quantitative estimate of drug-likeness (QED) is 0.790. The second kappa shape index (κ2) is 6.78. The van der Waals surface area contributed by atoms with Crippen molar-refractivity contribution < 1.29 is 9.53 Å². The minimum absolute atomic E-state index is 0.0288. The predicted molar refractivity (Wildman–Crippen MR) is 78.5 cm³/mol. The van der Waals surface area contributed by atoms with Crippen LogP contribution in [0.25, 0.3) is 0 Å². The first-order valence-corrected chi connectivity index (χ1v) is 6.56. The van der Waals surface area contributed by atoms with Gasteiger partial charge in [-0.1, -0.05) is 31.5 Å². The summed E-state index contributed by atoms with van der Waals surface area (Å²) in [5.41, 5.74) is 6.49. The Kier molecular flexibility index (Phi) is 5.63. The Morgan fingerprint density at radius 2 is 2.16 bits per heavy atom. The zero-order chi connectivity index (χ0) is 14.5. The van der Waals surface area contributed by atoms with E-state index in [4.69, 9.17) is 22.1 Å². The summed E-state index contributed by atoms with van der Waals surface area (Å²) in [5, 5.41) is 3.28. The van der Waals surface area contributed by atoms with E-state index in [1.807, 2.05) is 0 Å². The fourth-order valence-corrected chi connectivity index (χ4v) is 1.79. The number of benzene rings is 1. The molecule has 0 aromatic heterocycles. The molecule has 0 aliphatic carbocycles. The molecule has 0 radical (unpaired) electrons. The van der Waals surface area contributed by atoms with Gasteiger partial charge < -0.3 is 15.8 Å². The van der Waals surface area contributed by atoms with Crippen molar-refractivity contribution in [1.82, 2.24) is 5.32 Å². The molecule has 1 amide bonds. The summed E-state index contributed by atoms with van der Waals surface area (Å²) in [4.78, 5) is 12.1. The van der Waals surface area contributed by atoms with Gasteiger partial charge in [0.25, 0.3) is 5.91 Å². The van der Waals surface area contributed by atoms with E-state index in [9.17, 15) is 4.79 Å². The van der Waals surface area contributed by atoms with Crippen molar-refractivity contribution >= 4 is 23.2 Å². The predicted octanol–water partition coefficient (Wildman–Crippen LogP) is 2.71. The number of hydrogen-bond acceptors (Lipinski definition) is 3. The fraction of sp³-hybridized carbons (Fsp3) is 0.500. The third-order valence-electron chi connectivity index (χ3n) is 3.01. The van der Waals surface area contributed by atoms with E-state index in [0.29, 0.717) is 29.4 Å². The molecule has 19 heavy (non-hydrogen) atoms. The minimum atomic E-state index is -0.203. The summed E-state index contributed by atoms with van der Waals surface area (Å²) < 4.78 is 5.05. The topological polar surface area (TPSA) is 64.3 Å². The van der Waals surface area contributed by atoms with Crippen molar-refractivity contribution in [2.24, 2.45) is 5.41 Å². The molecule has 0 saturated carbocycles. The summed E-state index contributed by atoms with van der Waals surface area (Å²) in [6, 6.07) is 5.04. The second-order valence-electron chi connectivity index (χ2n) is 5.29. The lowest BCUT2D eigenvalue weighted by atomic mass is 9.89. The highest BCUT2D eigenvalue weighted by Crippen LogP contribution is 2.23. The molecule has 1 rings (SSSR count). The van der Waals surface area contributed by atoms with Gasteiger partial charge in [-0.25, -0.2) is 0 Å². The molecule has 0 saturated heterocycles.